The molecular weight excluding hydrogens is 276 g/mol. The van der Waals surface area contributed by atoms with Crippen LogP contribution in [0, 0.1) is 0 Å². The fraction of sp³-hybridized carbons (Fsp3) is 0.333. The van der Waals surface area contributed by atoms with Crippen molar-refractivity contribution in [2.75, 3.05) is 20.5 Å². The number of methoxy groups -OCH3 is 2. The summed E-state index contributed by atoms with van der Waals surface area (Å²) in [6, 6.07) is 9.59. The molecule has 0 spiro atoms. The average molecular weight is 294 g/mol. The standard InChI is InChI=1S/C15H18O4S/c1-18-14-11-13(20(3,16)17)9-10-15(14,19-2)12-7-5-4-6-8-12/h4-11,14H,1-3H3. The van der Waals surface area contributed by atoms with Gasteiger partial charge in [0.15, 0.2) is 9.84 Å². The van der Waals surface area contributed by atoms with Gasteiger partial charge in [-0.1, -0.05) is 30.3 Å². The highest BCUT2D eigenvalue weighted by atomic mass is 32.2. The van der Waals surface area contributed by atoms with Crippen molar-refractivity contribution in [2.45, 2.75) is 11.7 Å². The van der Waals surface area contributed by atoms with Gasteiger partial charge in [0.2, 0.25) is 0 Å². The molecule has 0 radical (unpaired) electrons. The molecule has 108 valence electrons. The molecular formula is C15H18O4S. The highest BCUT2D eigenvalue weighted by molar-refractivity contribution is 7.94. The first-order valence-corrected chi connectivity index (χ1v) is 8.08. The van der Waals surface area contributed by atoms with Gasteiger partial charge in [-0.25, -0.2) is 8.42 Å². The minimum absolute atomic E-state index is 0.243. The third-order valence-corrected chi connectivity index (χ3v) is 4.61. The molecule has 1 aliphatic rings. The van der Waals surface area contributed by atoms with E-state index < -0.39 is 21.5 Å². The Morgan fingerprint density at radius 3 is 2.30 bits per heavy atom. The summed E-state index contributed by atoms with van der Waals surface area (Å²) in [4.78, 5) is 0.243. The summed E-state index contributed by atoms with van der Waals surface area (Å²) < 4.78 is 34.5. The molecule has 0 aromatic heterocycles. The summed E-state index contributed by atoms with van der Waals surface area (Å²) in [5, 5.41) is 0. The number of allylic oxidation sites excluding steroid dienone is 1. The van der Waals surface area contributed by atoms with Gasteiger partial charge in [-0.3, -0.25) is 0 Å². The maximum Gasteiger partial charge on any atom is 0.175 e. The highest BCUT2D eigenvalue weighted by Crippen LogP contribution is 2.37. The monoisotopic (exact) mass is 294 g/mol. The average Bonchev–Trinajstić information content (AvgIpc) is 2.46. The van der Waals surface area contributed by atoms with E-state index in [2.05, 4.69) is 0 Å². The summed E-state index contributed by atoms with van der Waals surface area (Å²) in [6.07, 6.45) is 5.57. The van der Waals surface area contributed by atoms with E-state index in [0.29, 0.717) is 0 Å². The predicted octanol–water partition coefficient (Wildman–Crippen LogP) is 2.04. The Labute approximate surface area is 119 Å². The maximum atomic E-state index is 11.7. The van der Waals surface area contributed by atoms with E-state index in [-0.39, 0.29) is 4.91 Å². The minimum atomic E-state index is -3.27. The molecule has 4 nitrogen and oxygen atoms in total. The van der Waals surface area contributed by atoms with Crippen molar-refractivity contribution in [2.24, 2.45) is 0 Å². The smallest absolute Gasteiger partial charge is 0.175 e. The first kappa shape index (κ1) is 15.0. The largest absolute Gasteiger partial charge is 0.374 e. The molecule has 0 saturated heterocycles. The molecule has 1 aromatic carbocycles. The Morgan fingerprint density at radius 1 is 1.15 bits per heavy atom. The van der Waals surface area contributed by atoms with Gasteiger partial charge in [0.25, 0.3) is 0 Å². The van der Waals surface area contributed by atoms with Crippen molar-refractivity contribution in [1.82, 2.24) is 0 Å². The first-order valence-electron chi connectivity index (χ1n) is 6.18. The zero-order valence-electron chi connectivity index (χ0n) is 11.7. The second-order valence-corrected chi connectivity index (χ2v) is 6.71. The molecule has 5 heteroatoms. The Kier molecular flexibility index (Phi) is 4.13. The number of hydrogen-bond acceptors (Lipinski definition) is 4. The second-order valence-electron chi connectivity index (χ2n) is 4.69. The van der Waals surface area contributed by atoms with E-state index in [4.69, 9.17) is 9.47 Å². The lowest BCUT2D eigenvalue weighted by atomic mass is 9.84. The van der Waals surface area contributed by atoms with Crippen LogP contribution in [0.4, 0.5) is 0 Å². The van der Waals surface area contributed by atoms with Crippen LogP contribution in [-0.2, 0) is 24.9 Å². The fourth-order valence-corrected chi connectivity index (χ4v) is 3.07. The fourth-order valence-electron chi connectivity index (χ4n) is 2.38. The van der Waals surface area contributed by atoms with Crippen molar-refractivity contribution in [3.05, 3.63) is 59.0 Å². The van der Waals surface area contributed by atoms with Gasteiger partial charge < -0.3 is 9.47 Å². The van der Waals surface area contributed by atoms with Gasteiger partial charge in [0.05, 0.1) is 4.91 Å². The van der Waals surface area contributed by atoms with Crippen LogP contribution in [0.25, 0.3) is 0 Å². The van der Waals surface area contributed by atoms with Crippen LogP contribution in [-0.4, -0.2) is 35.0 Å². The third-order valence-electron chi connectivity index (χ3n) is 3.48. The van der Waals surface area contributed by atoms with Gasteiger partial charge in [-0.2, -0.15) is 0 Å². The zero-order valence-corrected chi connectivity index (χ0v) is 12.6. The zero-order chi connectivity index (χ0) is 14.8. The summed E-state index contributed by atoms with van der Waals surface area (Å²) in [5.74, 6) is 0. The van der Waals surface area contributed by atoms with E-state index in [1.54, 1.807) is 25.3 Å². The summed E-state index contributed by atoms with van der Waals surface area (Å²) in [7, 11) is -0.146. The Morgan fingerprint density at radius 2 is 1.80 bits per heavy atom. The predicted molar refractivity (Wildman–Crippen MR) is 78.0 cm³/mol. The minimum Gasteiger partial charge on any atom is -0.374 e. The van der Waals surface area contributed by atoms with Crippen LogP contribution in [0.5, 0.6) is 0 Å². The molecule has 0 heterocycles. The number of ether oxygens (including phenoxy) is 2. The number of sulfone groups is 1. The van der Waals surface area contributed by atoms with Crippen LogP contribution in [0.1, 0.15) is 5.56 Å². The molecule has 0 saturated carbocycles. The van der Waals surface area contributed by atoms with Gasteiger partial charge >= 0.3 is 0 Å². The highest BCUT2D eigenvalue weighted by Gasteiger charge is 2.40. The Bertz CT molecular complexity index is 631. The normalized spacial score (nSPS) is 26.4. The molecule has 2 atom stereocenters. The lowest BCUT2D eigenvalue weighted by Crippen LogP contribution is -2.41. The molecule has 20 heavy (non-hydrogen) atoms. The van der Waals surface area contributed by atoms with E-state index in [1.165, 1.54) is 13.4 Å². The van der Waals surface area contributed by atoms with Crippen molar-refractivity contribution >= 4 is 9.84 Å². The second kappa shape index (κ2) is 5.52. The van der Waals surface area contributed by atoms with Gasteiger partial charge in [0.1, 0.15) is 11.7 Å². The third kappa shape index (κ3) is 2.57. The quantitative estimate of drug-likeness (QED) is 0.853. The van der Waals surface area contributed by atoms with E-state index >= 15 is 0 Å². The molecule has 1 aromatic rings. The molecule has 2 unspecified atom stereocenters. The molecule has 0 aliphatic heterocycles. The van der Waals surface area contributed by atoms with Gasteiger partial charge in [0, 0.05) is 20.5 Å². The summed E-state index contributed by atoms with van der Waals surface area (Å²) >= 11 is 0. The molecule has 2 rings (SSSR count). The van der Waals surface area contributed by atoms with Crippen molar-refractivity contribution in [3.8, 4) is 0 Å². The summed E-state index contributed by atoms with van der Waals surface area (Å²) in [5.41, 5.74) is 0.0962. The number of benzene rings is 1. The lowest BCUT2D eigenvalue weighted by Gasteiger charge is -2.37. The Hall–Kier alpha value is -1.43. The molecule has 1 aliphatic carbocycles. The van der Waals surface area contributed by atoms with Gasteiger partial charge in [-0.05, 0) is 23.8 Å². The first-order chi connectivity index (χ1) is 9.44. The van der Waals surface area contributed by atoms with E-state index in [0.717, 1.165) is 5.56 Å². The van der Waals surface area contributed by atoms with Gasteiger partial charge in [-0.15, -0.1) is 0 Å². The van der Waals surface area contributed by atoms with Crippen LogP contribution >= 0.6 is 0 Å². The maximum absolute atomic E-state index is 11.7. The molecule has 0 fully saturated rings. The van der Waals surface area contributed by atoms with Crippen molar-refractivity contribution in [1.29, 1.82) is 0 Å². The number of rotatable bonds is 4. The van der Waals surface area contributed by atoms with Crippen molar-refractivity contribution < 1.29 is 17.9 Å². The van der Waals surface area contributed by atoms with Crippen LogP contribution in [0.2, 0.25) is 0 Å². The topological polar surface area (TPSA) is 52.6 Å². The molecule has 0 amide bonds. The lowest BCUT2D eigenvalue weighted by molar-refractivity contribution is -0.0712. The summed E-state index contributed by atoms with van der Waals surface area (Å²) in [6.45, 7) is 0. The van der Waals surface area contributed by atoms with E-state index in [9.17, 15) is 8.42 Å². The number of hydrogen-bond donors (Lipinski definition) is 0. The Balaban J connectivity index is 2.53. The molecule has 0 N–H and O–H groups in total. The van der Waals surface area contributed by atoms with Crippen LogP contribution in [0.15, 0.2) is 53.5 Å². The molecule has 0 bridgehead atoms. The SMILES string of the molecule is COC1C=C(S(C)(=O)=O)C=CC1(OC)c1ccccc1. The van der Waals surface area contributed by atoms with E-state index in [1.807, 2.05) is 30.3 Å². The van der Waals surface area contributed by atoms with Crippen LogP contribution < -0.4 is 0 Å². The van der Waals surface area contributed by atoms with Crippen LogP contribution in [0.3, 0.4) is 0 Å². The van der Waals surface area contributed by atoms with Crippen molar-refractivity contribution in [3.63, 3.8) is 0 Å².